The Hall–Kier alpha value is -2.06. The molecule has 3 N–H and O–H groups in total. The standard InChI is InChI=1S/C24H32N2/c1-4-5-9-19-10-8-12-21-22(11-6-7-15-25)24(26-23(19)21)20-14-13-17(2)16-18(20)3/h8,10,12-14,16,26H,4-7,9,11,15,25H2,1-3H3. The molecule has 0 aliphatic heterocycles. The monoisotopic (exact) mass is 348 g/mol. The molecule has 0 saturated heterocycles. The molecule has 2 aromatic carbocycles. The van der Waals surface area contributed by atoms with Crippen LogP contribution in [0.5, 0.6) is 0 Å². The molecule has 0 amide bonds. The van der Waals surface area contributed by atoms with Crippen molar-refractivity contribution in [2.45, 2.75) is 59.3 Å². The van der Waals surface area contributed by atoms with Crippen molar-refractivity contribution in [2.75, 3.05) is 6.54 Å². The zero-order valence-electron chi connectivity index (χ0n) is 16.5. The molecule has 3 rings (SSSR count). The SMILES string of the molecule is CCCCc1cccc2c(CCCCN)c(-c3ccc(C)cc3C)[nH]c12. The van der Waals surface area contributed by atoms with Crippen molar-refractivity contribution in [3.05, 3.63) is 58.7 Å². The minimum absolute atomic E-state index is 0.767. The van der Waals surface area contributed by atoms with Gasteiger partial charge in [-0.05, 0) is 69.2 Å². The average molecular weight is 349 g/mol. The molecule has 3 aromatic rings. The lowest BCUT2D eigenvalue weighted by molar-refractivity contribution is 0.748. The number of hydrogen-bond donors (Lipinski definition) is 2. The summed E-state index contributed by atoms with van der Waals surface area (Å²) in [7, 11) is 0. The number of fused-ring (bicyclic) bond motifs is 1. The topological polar surface area (TPSA) is 41.8 Å². The molecular weight excluding hydrogens is 316 g/mol. The molecule has 0 atom stereocenters. The van der Waals surface area contributed by atoms with Gasteiger partial charge in [-0.2, -0.15) is 0 Å². The van der Waals surface area contributed by atoms with E-state index in [1.54, 1.807) is 0 Å². The van der Waals surface area contributed by atoms with Crippen molar-refractivity contribution < 1.29 is 0 Å². The molecule has 0 aliphatic carbocycles. The van der Waals surface area contributed by atoms with Gasteiger partial charge in [0.2, 0.25) is 0 Å². The highest BCUT2D eigenvalue weighted by atomic mass is 14.7. The van der Waals surface area contributed by atoms with Gasteiger partial charge in [0, 0.05) is 22.2 Å². The first-order chi connectivity index (χ1) is 12.7. The van der Waals surface area contributed by atoms with E-state index in [2.05, 4.69) is 62.2 Å². The van der Waals surface area contributed by atoms with Gasteiger partial charge >= 0.3 is 0 Å². The maximum atomic E-state index is 5.74. The van der Waals surface area contributed by atoms with Crippen molar-refractivity contribution >= 4 is 10.9 Å². The number of H-pyrrole nitrogens is 1. The highest BCUT2D eigenvalue weighted by Gasteiger charge is 2.16. The molecule has 2 heteroatoms. The lowest BCUT2D eigenvalue weighted by Crippen LogP contribution is -1.99. The van der Waals surface area contributed by atoms with Gasteiger partial charge in [-0.1, -0.05) is 55.3 Å². The van der Waals surface area contributed by atoms with Crippen molar-refractivity contribution in [3.63, 3.8) is 0 Å². The van der Waals surface area contributed by atoms with E-state index < -0.39 is 0 Å². The highest BCUT2D eigenvalue weighted by molar-refractivity contribution is 5.93. The van der Waals surface area contributed by atoms with Crippen LogP contribution in [0.25, 0.3) is 22.2 Å². The van der Waals surface area contributed by atoms with Crippen LogP contribution in [0.4, 0.5) is 0 Å². The summed E-state index contributed by atoms with van der Waals surface area (Å²) in [5, 5.41) is 1.39. The summed E-state index contributed by atoms with van der Waals surface area (Å²) in [5.74, 6) is 0. The molecule has 0 saturated carbocycles. The fourth-order valence-corrected chi connectivity index (χ4v) is 3.94. The van der Waals surface area contributed by atoms with Crippen LogP contribution in [0.2, 0.25) is 0 Å². The third-order valence-electron chi connectivity index (χ3n) is 5.36. The number of nitrogens with two attached hydrogens (primary N) is 1. The van der Waals surface area contributed by atoms with E-state index in [1.165, 1.54) is 57.3 Å². The number of nitrogens with one attached hydrogen (secondary N) is 1. The quantitative estimate of drug-likeness (QED) is 0.476. The fraction of sp³-hybridized carbons (Fsp3) is 0.417. The molecule has 1 heterocycles. The van der Waals surface area contributed by atoms with Gasteiger partial charge in [-0.3, -0.25) is 0 Å². The van der Waals surface area contributed by atoms with Crippen molar-refractivity contribution in [3.8, 4) is 11.3 Å². The van der Waals surface area contributed by atoms with Crippen LogP contribution in [0.1, 0.15) is 54.9 Å². The summed E-state index contributed by atoms with van der Waals surface area (Å²) in [4.78, 5) is 3.81. The Morgan fingerprint density at radius 1 is 0.962 bits per heavy atom. The fourth-order valence-electron chi connectivity index (χ4n) is 3.94. The number of unbranched alkanes of at least 4 members (excludes halogenated alkanes) is 2. The Labute approximate surface area is 157 Å². The van der Waals surface area contributed by atoms with E-state index in [4.69, 9.17) is 5.73 Å². The van der Waals surface area contributed by atoms with Crippen LogP contribution < -0.4 is 5.73 Å². The molecule has 0 fully saturated rings. The molecule has 1 aromatic heterocycles. The number of aromatic nitrogens is 1. The molecular formula is C24H32N2. The van der Waals surface area contributed by atoms with Gasteiger partial charge in [-0.15, -0.1) is 0 Å². The van der Waals surface area contributed by atoms with Crippen LogP contribution >= 0.6 is 0 Å². The first-order valence-electron chi connectivity index (χ1n) is 10.1. The van der Waals surface area contributed by atoms with Crippen LogP contribution in [-0.2, 0) is 12.8 Å². The summed E-state index contributed by atoms with van der Waals surface area (Å²) >= 11 is 0. The Bertz CT molecular complexity index is 873. The minimum Gasteiger partial charge on any atom is -0.354 e. The summed E-state index contributed by atoms with van der Waals surface area (Å²) in [6, 6.07) is 13.6. The van der Waals surface area contributed by atoms with Crippen LogP contribution in [0, 0.1) is 13.8 Å². The zero-order valence-corrected chi connectivity index (χ0v) is 16.5. The second-order valence-corrected chi connectivity index (χ2v) is 7.49. The molecule has 0 aliphatic rings. The zero-order chi connectivity index (χ0) is 18.5. The number of rotatable bonds is 8. The summed E-state index contributed by atoms with van der Waals surface area (Å²) in [5.41, 5.74) is 15.3. The smallest absolute Gasteiger partial charge is 0.0500 e. The van der Waals surface area contributed by atoms with E-state index in [1.807, 2.05) is 0 Å². The van der Waals surface area contributed by atoms with Crippen LogP contribution in [0.15, 0.2) is 36.4 Å². The van der Waals surface area contributed by atoms with E-state index >= 15 is 0 Å². The lowest BCUT2D eigenvalue weighted by Gasteiger charge is -2.09. The van der Waals surface area contributed by atoms with Gasteiger partial charge in [0.1, 0.15) is 0 Å². The molecule has 0 spiro atoms. The van der Waals surface area contributed by atoms with E-state index in [-0.39, 0.29) is 0 Å². The number of hydrogen-bond acceptors (Lipinski definition) is 1. The maximum absolute atomic E-state index is 5.74. The lowest BCUT2D eigenvalue weighted by atomic mass is 9.96. The van der Waals surface area contributed by atoms with E-state index in [9.17, 15) is 0 Å². The molecule has 0 radical (unpaired) electrons. The third-order valence-corrected chi connectivity index (χ3v) is 5.36. The second-order valence-electron chi connectivity index (χ2n) is 7.49. The van der Waals surface area contributed by atoms with Crippen molar-refractivity contribution in [2.24, 2.45) is 5.73 Å². The van der Waals surface area contributed by atoms with Crippen molar-refractivity contribution in [1.29, 1.82) is 0 Å². The van der Waals surface area contributed by atoms with Gasteiger partial charge in [0.15, 0.2) is 0 Å². The maximum Gasteiger partial charge on any atom is 0.0500 e. The van der Waals surface area contributed by atoms with Gasteiger partial charge < -0.3 is 10.7 Å². The van der Waals surface area contributed by atoms with Crippen molar-refractivity contribution in [1.82, 2.24) is 4.98 Å². The highest BCUT2D eigenvalue weighted by Crippen LogP contribution is 2.35. The number of benzene rings is 2. The van der Waals surface area contributed by atoms with Gasteiger partial charge in [0.05, 0.1) is 0 Å². The van der Waals surface area contributed by atoms with Gasteiger partial charge in [0.25, 0.3) is 0 Å². The minimum atomic E-state index is 0.767. The molecule has 138 valence electrons. The Kier molecular flexibility index (Phi) is 6.16. The predicted octanol–water partition coefficient (Wildman–Crippen LogP) is 6.08. The summed E-state index contributed by atoms with van der Waals surface area (Å²) in [6.07, 6.45) is 6.90. The summed E-state index contributed by atoms with van der Waals surface area (Å²) in [6.45, 7) is 7.40. The number of aromatic amines is 1. The number of para-hydroxylation sites is 1. The first kappa shape index (κ1) is 18.7. The Morgan fingerprint density at radius 3 is 2.54 bits per heavy atom. The molecule has 0 unspecified atom stereocenters. The van der Waals surface area contributed by atoms with E-state index in [0.717, 1.165) is 32.2 Å². The van der Waals surface area contributed by atoms with Crippen LogP contribution in [0.3, 0.4) is 0 Å². The normalized spacial score (nSPS) is 11.4. The summed E-state index contributed by atoms with van der Waals surface area (Å²) < 4.78 is 0. The Balaban J connectivity index is 2.14. The predicted molar refractivity (Wildman–Crippen MR) is 114 cm³/mol. The molecule has 0 bridgehead atoms. The Morgan fingerprint density at radius 2 is 1.81 bits per heavy atom. The first-order valence-corrected chi connectivity index (χ1v) is 10.1. The van der Waals surface area contributed by atoms with E-state index in [0.29, 0.717) is 0 Å². The number of aryl methyl sites for hydroxylation is 4. The van der Waals surface area contributed by atoms with Gasteiger partial charge in [-0.25, -0.2) is 0 Å². The average Bonchev–Trinajstić information content (AvgIpc) is 2.99. The molecule has 2 nitrogen and oxygen atoms in total. The molecule has 26 heavy (non-hydrogen) atoms. The van der Waals surface area contributed by atoms with Crippen LogP contribution in [-0.4, -0.2) is 11.5 Å². The third kappa shape index (κ3) is 3.86. The second kappa shape index (κ2) is 8.55. The largest absolute Gasteiger partial charge is 0.354 e.